The molecule has 4 rings (SSSR count). The normalized spacial score (nSPS) is 23.1. The first-order chi connectivity index (χ1) is 16.1. The maximum absolute atomic E-state index is 13.1. The van der Waals surface area contributed by atoms with Gasteiger partial charge in [0.05, 0.1) is 16.3 Å². The Morgan fingerprint density at radius 2 is 1.82 bits per heavy atom. The summed E-state index contributed by atoms with van der Waals surface area (Å²) >= 11 is 0. The molecule has 1 aromatic rings. The number of urea groups is 1. The van der Waals surface area contributed by atoms with Gasteiger partial charge in [-0.05, 0) is 56.7 Å². The number of carbonyl (C=O) groups excluding carboxylic acids is 3. The zero-order valence-corrected chi connectivity index (χ0v) is 20.8. The van der Waals surface area contributed by atoms with E-state index < -0.39 is 40.0 Å². The van der Waals surface area contributed by atoms with Crippen LogP contribution >= 0.6 is 0 Å². The number of sulfonamides is 1. The van der Waals surface area contributed by atoms with E-state index in [1.807, 2.05) is 0 Å². The zero-order chi connectivity index (χ0) is 24.7. The van der Waals surface area contributed by atoms with Gasteiger partial charge < -0.3 is 15.5 Å². The largest absolute Gasteiger partial charge is 0.370 e. The van der Waals surface area contributed by atoms with Gasteiger partial charge in [-0.2, -0.15) is 4.31 Å². The standard InChI is InChI=1S/C23H33N5O5S/c1-4-27(5-2)34(32,33)17-10-11-19(26-12-6-7-13-26)18(14-17)24-20(29)15-28-21(30)23(3,16-8-9-16)25-22(28)31/h10-11,14,16H,4-9,12-13,15H2,1-3H3,(H,24,29)(H,25,31). The van der Waals surface area contributed by atoms with E-state index >= 15 is 0 Å². The van der Waals surface area contributed by atoms with Crippen LogP contribution in [-0.2, 0) is 19.6 Å². The fourth-order valence-electron chi connectivity index (χ4n) is 4.85. The molecule has 186 valence electrons. The molecular weight excluding hydrogens is 458 g/mol. The van der Waals surface area contributed by atoms with Gasteiger partial charge in [0.1, 0.15) is 12.1 Å². The Morgan fingerprint density at radius 1 is 1.18 bits per heavy atom. The summed E-state index contributed by atoms with van der Waals surface area (Å²) in [7, 11) is -3.72. The minimum Gasteiger partial charge on any atom is -0.370 e. The summed E-state index contributed by atoms with van der Waals surface area (Å²) in [5, 5.41) is 5.51. The summed E-state index contributed by atoms with van der Waals surface area (Å²) in [5.41, 5.74) is 0.122. The summed E-state index contributed by atoms with van der Waals surface area (Å²) in [4.78, 5) is 41.4. The van der Waals surface area contributed by atoms with Crippen molar-refractivity contribution >= 4 is 39.2 Å². The molecule has 1 atom stereocenters. The number of anilines is 2. The topological polar surface area (TPSA) is 119 Å². The van der Waals surface area contributed by atoms with E-state index in [1.165, 1.54) is 10.4 Å². The van der Waals surface area contributed by atoms with Crippen LogP contribution in [0.4, 0.5) is 16.2 Å². The van der Waals surface area contributed by atoms with Crippen LogP contribution in [0.2, 0.25) is 0 Å². The van der Waals surface area contributed by atoms with Crippen LogP contribution in [0, 0.1) is 5.92 Å². The molecule has 0 spiro atoms. The third-order valence-electron chi connectivity index (χ3n) is 7.03. The number of hydrogen-bond acceptors (Lipinski definition) is 6. The van der Waals surface area contributed by atoms with E-state index in [1.54, 1.807) is 32.9 Å². The third-order valence-corrected chi connectivity index (χ3v) is 9.07. The van der Waals surface area contributed by atoms with Gasteiger partial charge in [-0.15, -0.1) is 0 Å². The summed E-state index contributed by atoms with van der Waals surface area (Å²) in [6.07, 6.45) is 3.76. The Bertz CT molecular complexity index is 1090. The van der Waals surface area contributed by atoms with Crippen molar-refractivity contribution in [2.24, 2.45) is 5.92 Å². The van der Waals surface area contributed by atoms with Crippen molar-refractivity contribution in [3.63, 3.8) is 0 Å². The SMILES string of the molecule is CCN(CC)S(=O)(=O)c1ccc(N2CCCC2)c(NC(=O)CN2C(=O)NC(C)(C3CC3)C2=O)c1. The molecular formula is C23H33N5O5S. The molecule has 3 fully saturated rings. The molecule has 2 N–H and O–H groups in total. The van der Waals surface area contributed by atoms with Crippen LogP contribution in [0.25, 0.3) is 0 Å². The maximum atomic E-state index is 13.1. The van der Waals surface area contributed by atoms with Gasteiger partial charge in [0.2, 0.25) is 15.9 Å². The van der Waals surface area contributed by atoms with Gasteiger partial charge >= 0.3 is 6.03 Å². The Labute approximate surface area is 200 Å². The highest BCUT2D eigenvalue weighted by Gasteiger charge is 2.56. The van der Waals surface area contributed by atoms with Gasteiger partial charge in [0.15, 0.2) is 0 Å². The van der Waals surface area contributed by atoms with Gasteiger partial charge in [-0.25, -0.2) is 13.2 Å². The molecule has 11 heteroatoms. The first-order valence-electron chi connectivity index (χ1n) is 11.9. The number of rotatable bonds is 9. The molecule has 1 unspecified atom stereocenters. The number of carbonyl (C=O) groups is 3. The van der Waals surface area contributed by atoms with Crippen LogP contribution in [0.1, 0.15) is 46.5 Å². The zero-order valence-electron chi connectivity index (χ0n) is 20.0. The number of nitrogens with one attached hydrogen (secondary N) is 2. The number of imide groups is 1. The first kappa shape index (κ1) is 24.5. The monoisotopic (exact) mass is 491 g/mol. The van der Waals surface area contributed by atoms with E-state index in [2.05, 4.69) is 15.5 Å². The smallest absolute Gasteiger partial charge is 0.325 e. The van der Waals surface area contributed by atoms with Crippen molar-refractivity contribution in [2.45, 2.75) is 56.9 Å². The third kappa shape index (κ3) is 4.38. The molecule has 0 bridgehead atoms. The van der Waals surface area contributed by atoms with Crippen molar-refractivity contribution in [3.8, 4) is 0 Å². The molecule has 2 heterocycles. The summed E-state index contributed by atoms with van der Waals surface area (Å²) < 4.78 is 27.5. The van der Waals surface area contributed by atoms with Crippen LogP contribution < -0.4 is 15.5 Å². The molecule has 1 saturated carbocycles. The van der Waals surface area contributed by atoms with Crippen molar-refractivity contribution in [1.82, 2.24) is 14.5 Å². The molecule has 0 radical (unpaired) electrons. The van der Waals surface area contributed by atoms with Crippen LogP contribution in [0.3, 0.4) is 0 Å². The highest BCUT2D eigenvalue weighted by Crippen LogP contribution is 2.42. The molecule has 3 aliphatic rings. The molecule has 1 aromatic carbocycles. The summed E-state index contributed by atoms with van der Waals surface area (Å²) in [5.74, 6) is -0.852. The highest BCUT2D eigenvalue weighted by molar-refractivity contribution is 7.89. The molecule has 34 heavy (non-hydrogen) atoms. The lowest BCUT2D eigenvalue weighted by atomic mass is 9.96. The number of nitrogens with zero attached hydrogens (tertiary/aromatic N) is 3. The average molecular weight is 492 g/mol. The maximum Gasteiger partial charge on any atom is 0.325 e. The van der Waals surface area contributed by atoms with Gasteiger partial charge in [0, 0.05) is 26.2 Å². The van der Waals surface area contributed by atoms with Crippen LogP contribution in [0.5, 0.6) is 0 Å². The van der Waals surface area contributed by atoms with E-state index in [-0.39, 0.29) is 10.8 Å². The Morgan fingerprint density at radius 3 is 2.41 bits per heavy atom. The Hall–Kier alpha value is -2.66. The van der Waals surface area contributed by atoms with E-state index in [0.29, 0.717) is 18.8 Å². The lowest BCUT2D eigenvalue weighted by Gasteiger charge is -2.24. The summed E-state index contributed by atoms with van der Waals surface area (Å²) in [6.45, 7) is 7.09. The van der Waals surface area contributed by atoms with E-state index in [9.17, 15) is 22.8 Å². The van der Waals surface area contributed by atoms with Gasteiger partial charge in [-0.1, -0.05) is 13.8 Å². The number of amides is 4. The highest BCUT2D eigenvalue weighted by atomic mass is 32.2. The molecule has 1 aliphatic carbocycles. The van der Waals surface area contributed by atoms with Crippen molar-refractivity contribution in [2.75, 3.05) is 42.9 Å². The fraction of sp³-hybridized carbons (Fsp3) is 0.609. The Kier molecular flexibility index (Phi) is 6.61. The molecule has 0 aromatic heterocycles. The van der Waals surface area contributed by atoms with Gasteiger partial charge in [0.25, 0.3) is 5.91 Å². The second kappa shape index (κ2) is 9.18. The number of hydrogen-bond donors (Lipinski definition) is 2. The number of benzene rings is 1. The average Bonchev–Trinajstić information content (AvgIpc) is 3.48. The van der Waals surface area contributed by atoms with Crippen LogP contribution in [0.15, 0.2) is 23.1 Å². The fourth-order valence-corrected chi connectivity index (χ4v) is 6.34. The Balaban J connectivity index is 1.58. The first-order valence-corrected chi connectivity index (χ1v) is 13.4. The minimum absolute atomic E-state index is 0.0887. The van der Waals surface area contributed by atoms with E-state index in [4.69, 9.17) is 0 Å². The second-order valence-electron chi connectivity index (χ2n) is 9.31. The van der Waals surface area contributed by atoms with Crippen molar-refractivity contribution in [1.29, 1.82) is 0 Å². The minimum atomic E-state index is -3.72. The second-order valence-corrected chi connectivity index (χ2v) is 11.2. The molecule has 2 saturated heterocycles. The predicted octanol–water partition coefficient (Wildman–Crippen LogP) is 1.98. The summed E-state index contributed by atoms with van der Waals surface area (Å²) in [6, 6.07) is 4.18. The van der Waals surface area contributed by atoms with E-state index in [0.717, 1.165) is 49.4 Å². The quantitative estimate of drug-likeness (QED) is 0.510. The molecule has 2 aliphatic heterocycles. The molecule has 4 amide bonds. The predicted molar refractivity (Wildman–Crippen MR) is 128 cm³/mol. The van der Waals surface area contributed by atoms with Crippen molar-refractivity contribution < 1.29 is 22.8 Å². The lowest BCUT2D eigenvalue weighted by Crippen LogP contribution is -2.46. The lowest BCUT2D eigenvalue weighted by molar-refractivity contribution is -0.134. The molecule has 10 nitrogen and oxygen atoms in total. The van der Waals surface area contributed by atoms with Gasteiger partial charge in [-0.3, -0.25) is 14.5 Å². The van der Waals surface area contributed by atoms with Crippen molar-refractivity contribution in [3.05, 3.63) is 18.2 Å². The van der Waals surface area contributed by atoms with Crippen LogP contribution in [-0.4, -0.2) is 73.7 Å².